The van der Waals surface area contributed by atoms with Crippen LogP contribution in [0.3, 0.4) is 0 Å². The van der Waals surface area contributed by atoms with Gasteiger partial charge in [0.25, 0.3) is 0 Å². The van der Waals surface area contributed by atoms with Crippen molar-refractivity contribution < 1.29 is 9.90 Å². The van der Waals surface area contributed by atoms with Crippen molar-refractivity contribution >= 4 is 17.2 Å². The maximum Gasteiger partial charge on any atom is 0.224 e. The Balaban J connectivity index is 1.31. The lowest BCUT2D eigenvalue weighted by atomic mass is 10.0. The van der Waals surface area contributed by atoms with Gasteiger partial charge in [0.2, 0.25) is 5.91 Å². The van der Waals surface area contributed by atoms with E-state index in [9.17, 15) is 4.79 Å². The van der Waals surface area contributed by atoms with E-state index < -0.39 is 0 Å². The minimum atomic E-state index is -0.114. The van der Waals surface area contributed by atoms with Crippen LogP contribution in [0.15, 0.2) is 12.1 Å². The van der Waals surface area contributed by atoms with Gasteiger partial charge in [0.15, 0.2) is 0 Å². The Bertz CT molecular complexity index is 610. The first-order valence-electron chi connectivity index (χ1n) is 7.74. The number of thiophene rings is 1. The van der Waals surface area contributed by atoms with Crippen LogP contribution < -0.4 is 5.32 Å². The number of hydrogen-bond acceptors (Lipinski definition) is 3. The van der Waals surface area contributed by atoms with Crippen LogP contribution in [-0.2, 0) is 11.3 Å². The average molecular weight is 301 g/mol. The van der Waals surface area contributed by atoms with Gasteiger partial charge in [-0.15, -0.1) is 11.3 Å². The zero-order valence-electron chi connectivity index (χ0n) is 11.8. The van der Waals surface area contributed by atoms with Crippen LogP contribution >= 0.6 is 11.3 Å². The minimum Gasteiger partial charge on any atom is -0.384 e. The summed E-state index contributed by atoms with van der Waals surface area (Å²) in [6.07, 6.45) is 4.10. The molecule has 0 aliphatic heterocycles. The van der Waals surface area contributed by atoms with Gasteiger partial charge in [0.05, 0.1) is 11.4 Å². The van der Waals surface area contributed by atoms with Crippen molar-refractivity contribution in [1.82, 2.24) is 5.32 Å². The van der Waals surface area contributed by atoms with Crippen LogP contribution in [0.1, 0.15) is 29.0 Å². The summed E-state index contributed by atoms with van der Waals surface area (Å²) < 4.78 is 0. The lowest BCUT2D eigenvalue weighted by molar-refractivity contribution is -0.123. The summed E-state index contributed by atoms with van der Waals surface area (Å²) in [4.78, 5) is 14.4. The van der Waals surface area contributed by atoms with E-state index in [1.54, 1.807) is 11.3 Å². The smallest absolute Gasteiger partial charge is 0.224 e. The fourth-order valence-electron chi connectivity index (χ4n) is 4.63. The first-order chi connectivity index (χ1) is 10.3. The van der Waals surface area contributed by atoms with Crippen LogP contribution in [0.4, 0.5) is 0 Å². The third-order valence-corrected chi connectivity index (χ3v) is 6.43. The van der Waals surface area contributed by atoms with Crippen LogP contribution in [0.2, 0.25) is 0 Å². The normalized spacial score (nSPS) is 35.0. The first kappa shape index (κ1) is 13.4. The number of carbonyl (C=O) groups is 1. The van der Waals surface area contributed by atoms with Crippen LogP contribution in [0.25, 0.3) is 0 Å². The summed E-state index contributed by atoms with van der Waals surface area (Å²) in [7, 11) is 0. The molecule has 0 aromatic carbocycles. The zero-order chi connectivity index (χ0) is 14.4. The van der Waals surface area contributed by atoms with Gasteiger partial charge in [-0.3, -0.25) is 4.79 Å². The SMILES string of the molecule is O=C(NCc1ccc(C#CCO)s1)C1C2C3CCC(C3)C12. The van der Waals surface area contributed by atoms with Crippen LogP contribution in [0, 0.1) is 41.4 Å². The lowest BCUT2D eigenvalue weighted by Crippen LogP contribution is -2.26. The summed E-state index contributed by atoms with van der Waals surface area (Å²) in [6, 6.07) is 3.95. The standard InChI is InChI=1S/C17H19NO2S/c19-7-1-2-12-5-6-13(21-12)9-18-17(20)16-14-10-3-4-11(8-10)15(14)16/h5-6,10-11,14-16,19H,3-4,7-9H2,(H,18,20). The molecular weight excluding hydrogens is 282 g/mol. The van der Waals surface area contributed by atoms with Gasteiger partial charge in [-0.05, 0) is 55.1 Å². The maximum absolute atomic E-state index is 12.3. The summed E-state index contributed by atoms with van der Waals surface area (Å²) in [5.74, 6) is 9.21. The van der Waals surface area contributed by atoms with E-state index in [1.807, 2.05) is 12.1 Å². The van der Waals surface area contributed by atoms with Gasteiger partial charge in [0, 0.05) is 10.8 Å². The predicted molar refractivity (Wildman–Crippen MR) is 81.4 cm³/mol. The number of nitrogens with one attached hydrogen (secondary N) is 1. The Morgan fingerprint density at radius 3 is 2.81 bits per heavy atom. The van der Waals surface area contributed by atoms with E-state index in [4.69, 9.17) is 5.11 Å². The quantitative estimate of drug-likeness (QED) is 0.839. The summed E-state index contributed by atoms with van der Waals surface area (Å²) in [5.41, 5.74) is 0. The second-order valence-corrected chi connectivity index (χ2v) is 7.63. The van der Waals surface area contributed by atoms with E-state index in [0.29, 0.717) is 24.3 Å². The number of carbonyl (C=O) groups excluding carboxylic acids is 1. The molecule has 1 heterocycles. The average Bonchev–Trinajstić information content (AvgIpc) is 2.86. The lowest BCUT2D eigenvalue weighted by Gasteiger charge is -2.08. The highest BCUT2D eigenvalue weighted by Gasteiger charge is 2.67. The largest absolute Gasteiger partial charge is 0.384 e. The fourth-order valence-corrected chi connectivity index (χ4v) is 5.46. The van der Waals surface area contributed by atoms with Gasteiger partial charge in [0.1, 0.15) is 6.61 Å². The number of amides is 1. The second kappa shape index (κ2) is 5.15. The zero-order valence-corrected chi connectivity index (χ0v) is 12.7. The Morgan fingerprint density at radius 2 is 2.10 bits per heavy atom. The van der Waals surface area contributed by atoms with Crippen molar-refractivity contribution in [3.63, 3.8) is 0 Å². The number of aliphatic hydroxyl groups is 1. The van der Waals surface area contributed by atoms with E-state index in [0.717, 1.165) is 21.6 Å². The van der Waals surface area contributed by atoms with Crippen molar-refractivity contribution in [1.29, 1.82) is 0 Å². The molecule has 3 aliphatic carbocycles. The highest BCUT2D eigenvalue weighted by Crippen LogP contribution is 2.69. The predicted octanol–water partition coefficient (Wildman–Crippen LogP) is 2.00. The molecule has 1 amide bonds. The highest BCUT2D eigenvalue weighted by atomic mass is 32.1. The molecule has 4 unspecified atom stereocenters. The number of hydrogen-bond donors (Lipinski definition) is 2. The summed E-state index contributed by atoms with van der Waals surface area (Å²) >= 11 is 1.58. The fraction of sp³-hybridized carbons (Fsp3) is 0.588. The molecular formula is C17H19NO2S. The van der Waals surface area contributed by atoms with Crippen molar-refractivity contribution in [2.75, 3.05) is 6.61 Å². The maximum atomic E-state index is 12.3. The third kappa shape index (κ3) is 2.29. The monoisotopic (exact) mass is 301 g/mol. The molecule has 110 valence electrons. The molecule has 1 aromatic heterocycles. The molecule has 3 fully saturated rings. The molecule has 4 atom stereocenters. The highest BCUT2D eigenvalue weighted by molar-refractivity contribution is 7.12. The molecule has 3 nitrogen and oxygen atoms in total. The van der Waals surface area contributed by atoms with Crippen molar-refractivity contribution in [3.8, 4) is 11.8 Å². The summed E-state index contributed by atoms with van der Waals surface area (Å²) in [5, 5.41) is 11.8. The molecule has 3 saturated carbocycles. The Hall–Kier alpha value is -1.31. The van der Waals surface area contributed by atoms with E-state index in [1.165, 1.54) is 19.3 Å². The number of aliphatic hydroxyl groups excluding tert-OH is 1. The molecule has 3 aliphatic rings. The van der Waals surface area contributed by atoms with Crippen LogP contribution in [0.5, 0.6) is 0 Å². The molecule has 4 rings (SSSR count). The Labute approximate surface area is 128 Å². The first-order valence-corrected chi connectivity index (χ1v) is 8.55. The molecule has 2 N–H and O–H groups in total. The molecule has 1 aromatic rings. The van der Waals surface area contributed by atoms with E-state index >= 15 is 0 Å². The molecule has 4 heteroatoms. The van der Waals surface area contributed by atoms with Gasteiger partial charge in [-0.2, -0.15) is 0 Å². The number of rotatable bonds is 3. The van der Waals surface area contributed by atoms with Gasteiger partial charge < -0.3 is 10.4 Å². The third-order valence-electron chi connectivity index (χ3n) is 5.43. The van der Waals surface area contributed by atoms with E-state index in [-0.39, 0.29) is 12.5 Å². The van der Waals surface area contributed by atoms with Gasteiger partial charge >= 0.3 is 0 Å². The van der Waals surface area contributed by atoms with Crippen molar-refractivity contribution in [2.24, 2.45) is 29.6 Å². The van der Waals surface area contributed by atoms with Crippen LogP contribution in [-0.4, -0.2) is 17.6 Å². The minimum absolute atomic E-state index is 0.114. The van der Waals surface area contributed by atoms with E-state index in [2.05, 4.69) is 17.2 Å². The second-order valence-electron chi connectivity index (χ2n) is 6.46. The summed E-state index contributed by atoms with van der Waals surface area (Å²) in [6.45, 7) is 0.492. The van der Waals surface area contributed by atoms with Gasteiger partial charge in [-0.25, -0.2) is 0 Å². The molecule has 0 spiro atoms. The molecule has 21 heavy (non-hydrogen) atoms. The Morgan fingerprint density at radius 1 is 1.33 bits per heavy atom. The topological polar surface area (TPSA) is 49.3 Å². The van der Waals surface area contributed by atoms with Gasteiger partial charge in [-0.1, -0.05) is 11.8 Å². The molecule has 2 bridgehead atoms. The van der Waals surface area contributed by atoms with Crippen molar-refractivity contribution in [2.45, 2.75) is 25.8 Å². The van der Waals surface area contributed by atoms with Crippen molar-refractivity contribution in [3.05, 3.63) is 21.9 Å². The Kier molecular flexibility index (Phi) is 3.28. The molecule has 0 saturated heterocycles. The molecule has 0 radical (unpaired) electrons. The number of fused-ring (bicyclic) bond motifs is 5.